The summed E-state index contributed by atoms with van der Waals surface area (Å²) in [6, 6.07) is 15.3. The van der Waals surface area contributed by atoms with Crippen LogP contribution in [0.1, 0.15) is 104 Å². The molecule has 8 N–H and O–H groups in total. The minimum atomic E-state index is -1.35. The molecule has 1 aliphatic rings. The number of nitriles is 1. The Morgan fingerprint density at radius 3 is 2.27 bits per heavy atom. The molecule has 2 amide bonds. The number of nitrogens with two attached hydrogens (primary N) is 3. The molecule has 3 aromatic carbocycles. The molecular formula is C49H60N8O7. The fourth-order valence-corrected chi connectivity index (χ4v) is 8.18. The number of hydrogen-bond donors (Lipinski definition) is 5. The third kappa shape index (κ3) is 11.2. The minimum Gasteiger partial charge on any atom is -0.507 e. The first-order chi connectivity index (χ1) is 30.3. The molecule has 2 heterocycles. The first-order valence-corrected chi connectivity index (χ1v) is 21.6. The highest BCUT2D eigenvalue weighted by molar-refractivity contribution is 6.01. The van der Waals surface area contributed by atoms with E-state index in [4.69, 9.17) is 31.9 Å². The summed E-state index contributed by atoms with van der Waals surface area (Å²) in [6.45, 7) is 11.6. The Hall–Kier alpha value is -6.50. The van der Waals surface area contributed by atoms with E-state index in [9.17, 15) is 34.3 Å². The van der Waals surface area contributed by atoms with E-state index in [-0.39, 0.29) is 109 Å². The Bertz CT molecular complexity index is 2430. The molecule has 5 rings (SSSR count). The number of phenolic OH excluding ortho intramolecular Hbond substituents is 1. The number of hydrogen-bond acceptors (Lipinski definition) is 13. The Morgan fingerprint density at radius 2 is 1.66 bits per heavy atom. The summed E-state index contributed by atoms with van der Waals surface area (Å²) in [5, 5.41) is 23.3. The van der Waals surface area contributed by atoms with Crippen LogP contribution in [0.4, 0.5) is 5.69 Å². The van der Waals surface area contributed by atoms with Crippen molar-refractivity contribution in [3.05, 3.63) is 88.2 Å². The molecule has 0 aliphatic carbocycles. The Labute approximate surface area is 374 Å². The maximum atomic E-state index is 14.7. The molecule has 0 radical (unpaired) electrons. The van der Waals surface area contributed by atoms with Crippen molar-refractivity contribution in [2.75, 3.05) is 32.5 Å². The average molecular weight is 873 g/mol. The topological polar surface area (TPSA) is 258 Å². The molecule has 4 atom stereocenters. The van der Waals surface area contributed by atoms with Crippen molar-refractivity contribution < 1.29 is 33.8 Å². The number of ketones is 3. The van der Waals surface area contributed by atoms with Crippen molar-refractivity contribution in [3.63, 3.8) is 0 Å². The average Bonchev–Trinajstić information content (AvgIpc) is 3.24. The van der Waals surface area contributed by atoms with Crippen LogP contribution in [0.5, 0.6) is 11.5 Å². The molecule has 15 heteroatoms. The van der Waals surface area contributed by atoms with Gasteiger partial charge in [0, 0.05) is 67.8 Å². The molecule has 4 aromatic rings. The van der Waals surface area contributed by atoms with Gasteiger partial charge in [-0.2, -0.15) is 5.26 Å². The predicted octanol–water partition coefficient (Wildman–Crippen LogP) is 5.60. The molecule has 15 nitrogen and oxygen atoms in total. The number of likely N-dealkylation sites (N-methyl/N-ethyl adjacent to an activating group) is 1. The quantitative estimate of drug-likeness (QED) is 0.0765. The van der Waals surface area contributed by atoms with Crippen molar-refractivity contribution in [2.24, 2.45) is 23.3 Å². The van der Waals surface area contributed by atoms with Gasteiger partial charge in [-0.3, -0.25) is 24.0 Å². The maximum Gasteiger partial charge on any atom is 0.226 e. The van der Waals surface area contributed by atoms with Crippen LogP contribution in [0.3, 0.4) is 0 Å². The summed E-state index contributed by atoms with van der Waals surface area (Å²) in [5.41, 5.74) is 23.1. The van der Waals surface area contributed by atoms with E-state index in [0.717, 1.165) is 11.1 Å². The second kappa shape index (κ2) is 20.8. The first kappa shape index (κ1) is 48.5. The van der Waals surface area contributed by atoms with Gasteiger partial charge in [0.15, 0.2) is 23.2 Å². The lowest BCUT2D eigenvalue weighted by atomic mass is 9.86. The normalized spacial score (nSPS) is 17.1. The van der Waals surface area contributed by atoms with Gasteiger partial charge in [0.2, 0.25) is 11.8 Å². The van der Waals surface area contributed by atoms with E-state index < -0.39 is 41.5 Å². The number of benzene rings is 3. The first-order valence-electron chi connectivity index (χ1n) is 21.6. The fraction of sp³-hybridized carbons (Fsp3) is 0.429. The van der Waals surface area contributed by atoms with Gasteiger partial charge in [-0.1, -0.05) is 58.0 Å². The third-order valence-electron chi connectivity index (χ3n) is 11.6. The Kier molecular flexibility index (Phi) is 15.8. The van der Waals surface area contributed by atoms with Gasteiger partial charge in [-0.25, -0.2) is 9.97 Å². The van der Waals surface area contributed by atoms with E-state index >= 15 is 0 Å². The number of carbonyl (C=O) groups is 5. The molecule has 1 aromatic heterocycles. The zero-order valence-corrected chi connectivity index (χ0v) is 37.8. The van der Waals surface area contributed by atoms with Gasteiger partial charge in [-0.05, 0) is 79.6 Å². The van der Waals surface area contributed by atoms with Crippen LogP contribution in [-0.4, -0.2) is 81.9 Å². The van der Waals surface area contributed by atoms with E-state index in [0.29, 0.717) is 28.3 Å². The number of aromatic nitrogens is 2. The number of fused-ring (bicyclic) bond motifs is 5. The van der Waals surface area contributed by atoms with Crippen molar-refractivity contribution >= 4 is 34.9 Å². The van der Waals surface area contributed by atoms with E-state index in [1.54, 1.807) is 39.0 Å². The predicted molar refractivity (Wildman–Crippen MR) is 244 cm³/mol. The number of carbonyl (C=O) groups excluding carboxylic acids is 5. The number of amides is 2. The molecule has 0 saturated carbocycles. The molecular weight excluding hydrogens is 813 g/mol. The summed E-state index contributed by atoms with van der Waals surface area (Å²) >= 11 is 0. The molecule has 0 unspecified atom stereocenters. The molecule has 0 fully saturated rings. The molecule has 338 valence electrons. The van der Waals surface area contributed by atoms with Crippen LogP contribution in [-0.2, 0) is 31.0 Å². The minimum absolute atomic E-state index is 0.0278. The monoisotopic (exact) mass is 872 g/mol. The number of rotatable bonds is 14. The molecule has 0 spiro atoms. The smallest absolute Gasteiger partial charge is 0.226 e. The van der Waals surface area contributed by atoms with Gasteiger partial charge in [0.05, 0.1) is 34.7 Å². The summed E-state index contributed by atoms with van der Waals surface area (Å²) in [5.74, 6) is -3.89. The van der Waals surface area contributed by atoms with Crippen LogP contribution >= 0.6 is 0 Å². The van der Waals surface area contributed by atoms with Crippen LogP contribution < -0.4 is 27.3 Å². The number of nitrogen functional groups attached to an aromatic ring is 1. The van der Waals surface area contributed by atoms with Crippen LogP contribution in [0.15, 0.2) is 54.6 Å². The van der Waals surface area contributed by atoms with Gasteiger partial charge in [0.25, 0.3) is 0 Å². The summed E-state index contributed by atoms with van der Waals surface area (Å²) < 4.78 is 6.02. The van der Waals surface area contributed by atoms with Crippen molar-refractivity contribution in [1.29, 1.82) is 5.26 Å². The molecule has 1 aliphatic heterocycles. The molecule has 64 heavy (non-hydrogen) atoms. The second-order valence-electron chi connectivity index (χ2n) is 17.6. The standard InChI is InChI=1S/C49H60N8O7/c1-27-21-42(61)44(57(7)48(63)32(16-18-51)26-41(60)43-28(2)54-46(55-29(43)3)31-11-13-34(14-12-31)49(4,5)6)33-24-36(45(37(53)25-33)64-20-19-52)35-22-30(10-15-39(35)58)23-38(56-47(27)62)40(59)9-8-17-50/h10-15,22,24-25,27,32,38,44,58H,8-9,16,18-21,23,26,51-53H2,1-7H3,(H,56,62)/t27-,32-,38+,44+/m1/s1. The number of anilines is 1. The number of ether oxygens (including phenoxy) is 1. The SMILES string of the molecule is Cc1nc(-c2ccc(C(C)(C)C)cc2)nc(C)c1C(=O)C[C@@H](CCN)C(=O)N(C)[C@@H]1C(=O)C[C@@H](C)C(=O)N[C@H](C(=O)CCC#N)Cc2ccc(O)c(c2)-c2cc1cc(N)c2OCCN. The fourth-order valence-electron chi connectivity index (χ4n) is 8.18. The van der Waals surface area contributed by atoms with Crippen LogP contribution in [0.2, 0.25) is 0 Å². The molecule has 0 saturated heterocycles. The highest BCUT2D eigenvalue weighted by atomic mass is 16.5. The Morgan fingerprint density at radius 1 is 0.984 bits per heavy atom. The van der Waals surface area contributed by atoms with Crippen LogP contribution in [0, 0.1) is 37.0 Å². The van der Waals surface area contributed by atoms with E-state index in [2.05, 4.69) is 26.1 Å². The van der Waals surface area contributed by atoms with Crippen LogP contribution in [0.25, 0.3) is 22.5 Å². The second-order valence-corrected chi connectivity index (χ2v) is 17.6. The largest absolute Gasteiger partial charge is 0.507 e. The van der Waals surface area contributed by atoms with Crippen molar-refractivity contribution in [2.45, 2.75) is 97.6 Å². The number of aromatic hydroxyl groups is 1. The van der Waals surface area contributed by atoms with Crippen molar-refractivity contribution in [3.8, 4) is 40.1 Å². The number of nitrogens with zero attached hydrogens (tertiary/aromatic N) is 4. The summed E-state index contributed by atoms with van der Waals surface area (Å²) in [7, 11) is 1.45. The lowest BCUT2D eigenvalue weighted by Crippen LogP contribution is -2.46. The number of aryl methyl sites for hydroxylation is 2. The van der Waals surface area contributed by atoms with E-state index in [1.807, 2.05) is 30.3 Å². The zero-order chi connectivity index (χ0) is 47.0. The van der Waals surface area contributed by atoms with Gasteiger partial charge >= 0.3 is 0 Å². The van der Waals surface area contributed by atoms with Gasteiger partial charge in [-0.15, -0.1) is 0 Å². The number of Topliss-reactive ketones (excluding diaryl/α,β-unsaturated/α-hetero) is 3. The maximum absolute atomic E-state index is 14.7. The van der Waals surface area contributed by atoms with Gasteiger partial charge < -0.3 is 37.3 Å². The van der Waals surface area contributed by atoms with E-state index in [1.165, 1.54) is 24.1 Å². The Balaban J connectivity index is 1.56. The van der Waals surface area contributed by atoms with Crippen molar-refractivity contribution in [1.82, 2.24) is 20.2 Å². The third-order valence-corrected chi connectivity index (χ3v) is 11.6. The number of nitrogens with one attached hydrogen (secondary N) is 1. The highest BCUT2D eigenvalue weighted by Gasteiger charge is 2.37. The zero-order valence-electron chi connectivity index (χ0n) is 37.8. The summed E-state index contributed by atoms with van der Waals surface area (Å²) in [6.07, 6.45) is -0.649. The highest BCUT2D eigenvalue weighted by Crippen LogP contribution is 2.43. The lowest BCUT2D eigenvalue weighted by molar-refractivity contribution is -0.142. The van der Waals surface area contributed by atoms with Gasteiger partial charge in [0.1, 0.15) is 24.1 Å². The summed E-state index contributed by atoms with van der Waals surface area (Å²) in [4.78, 5) is 81.3. The number of phenols is 1. The lowest BCUT2D eigenvalue weighted by Gasteiger charge is -2.32. The molecule has 4 bridgehead atoms.